The van der Waals surface area contributed by atoms with E-state index in [1.165, 1.54) is 12.1 Å². The Morgan fingerprint density at radius 2 is 1.64 bits per heavy atom. The van der Waals surface area contributed by atoms with Crippen LogP contribution in [0.25, 0.3) is 6.08 Å². The third kappa shape index (κ3) is 5.19. The molecule has 4 rings (SSSR count). The highest BCUT2D eigenvalue weighted by molar-refractivity contribution is 9.10. The summed E-state index contributed by atoms with van der Waals surface area (Å²) in [6, 6.07) is 18.5. The molecule has 1 aliphatic rings. The Kier molecular flexibility index (Phi) is 6.97. The van der Waals surface area contributed by atoms with E-state index in [0.29, 0.717) is 11.3 Å². The highest BCUT2D eigenvalue weighted by atomic mass is 79.9. The van der Waals surface area contributed by atoms with Crippen LogP contribution in [0.15, 0.2) is 81.2 Å². The third-order valence-electron chi connectivity index (χ3n) is 4.77. The van der Waals surface area contributed by atoms with Gasteiger partial charge in [-0.1, -0.05) is 67.7 Å². The summed E-state index contributed by atoms with van der Waals surface area (Å²) in [4.78, 5) is 39.0. The lowest BCUT2D eigenvalue weighted by Gasteiger charge is -2.27. The fraction of sp³-hybridized carbons (Fsp3) is 0.0417. The van der Waals surface area contributed by atoms with Gasteiger partial charge in [0.1, 0.15) is 17.9 Å². The summed E-state index contributed by atoms with van der Waals surface area (Å²) in [6.45, 7) is 0.287. The van der Waals surface area contributed by atoms with E-state index >= 15 is 0 Å². The molecule has 3 aromatic carbocycles. The van der Waals surface area contributed by atoms with Gasteiger partial charge in [0.05, 0.1) is 10.7 Å². The normalized spacial score (nSPS) is 15.1. The number of imide groups is 2. The summed E-state index contributed by atoms with van der Waals surface area (Å²) in [5, 5.41) is 2.40. The van der Waals surface area contributed by atoms with Crippen LogP contribution in [0.1, 0.15) is 11.1 Å². The van der Waals surface area contributed by atoms with Gasteiger partial charge in [-0.05, 0) is 54.1 Å². The van der Waals surface area contributed by atoms with Crippen LogP contribution in [0.5, 0.6) is 5.75 Å². The molecule has 0 saturated carbocycles. The standard InChI is InChI=1S/C24H15Br2ClN2O4/c25-16-7-5-14(6-8-16)13-33-21-10-9-17(26)11-15(21)12-18-22(30)28-24(32)29(23(18)31)20-4-2-1-3-19(20)27/h1-12H,13H2,(H,28,30,32)/b18-12+. The predicted molar refractivity (Wildman–Crippen MR) is 133 cm³/mol. The number of carbonyl (C=O) groups excluding carboxylic acids is 3. The van der Waals surface area contributed by atoms with Crippen LogP contribution in [0.4, 0.5) is 10.5 Å². The van der Waals surface area contributed by atoms with Crippen LogP contribution in [0.3, 0.4) is 0 Å². The zero-order valence-corrected chi connectivity index (χ0v) is 20.8. The minimum Gasteiger partial charge on any atom is -0.488 e. The summed E-state index contributed by atoms with van der Waals surface area (Å²) in [7, 11) is 0. The molecule has 0 spiro atoms. The number of carbonyl (C=O) groups is 3. The van der Waals surface area contributed by atoms with E-state index in [2.05, 4.69) is 37.2 Å². The number of amides is 4. The van der Waals surface area contributed by atoms with Crippen molar-refractivity contribution in [2.75, 3.05) is 4.90 Å². The van der Waals surface area contributed by atoms with E-state index in [1.54, 1.807) is 36.4 Å². The molecule has 0 radical (unpaired) electrons. The van der Waals surface area contributed by atoms with Gasteiger partial charge in [-0.3, -0.25) is 14.9 Å². The molecule has 9 heteroatoms. The maximum atomic E-state index is 13.2. The van der Waals surface area contributed by atoms with Gasteiger partial charge in [-0.25, -0.2) is 9.69 Å². The first kappa shape index (κ1) is 23.2. The summed E-state index contributed by atoms with van der Waals surface area (Å²) in [5.41, 5.74) is 1.40. The SMILES string of the molecule is O=C1NC(=O)N(c2ccccc2Cl)C(=O)/C1=C/c1cc(Br)ccc1OCc1ccc(Br)cc1. The second-order valence-corrected chi connectivity index (χ2v) is 9.25. The molecular weight excluding hydrogens is 576 g/mol. The molecule has 1 fully saturated rings. The molecular formula is C24H15Br2ClN2O4. The van der Waals surface area contributed by atoms with Gasteiger partial charge in [0.25, 0.3) is 11.8 Å². The minimum absolute atomic E-state index is 0.182. The average Bonchev–Trinajstić information content (AvgIpc) is 2.78. The van der Waals surface area contributed by atoms with E-state index in [-0.39, 0.29) is 22.9 Å². The summed E-state index contributed by atoms with van der Waals surface area (Å²) >= 11 is 13.0. The van der Waals surface area contributed by atoms with E-state index in [1.807, 2.05) is 24.3 Å². The number of rotatable bonds is 5. The number of para-hydroxylation sites is 1. The molecule has 6 nitrogen and oxygen atoms in total. The Balaban J connectivity index is 1.68. The zero-order valence-electron chi connectivity index (χ0n) is 16.8. The maximum absolute atomic E-state index is 13.2. The van der Waals surface area contributed by atoms with Crippen molar-refractivity contribution in [1.29, 1.82) is 0 Å². The predicted octanol–water partition coefficient (Wildman–Crippen LogP) is 6.11. The number of benzene rings is 3. The Bertz CT molecular complexity index is 1290. The number of hydrogen-bond donors (Lipinski definition) is 1. The molecule has 0 aromatic heterocycles. The average molecular weight is 591 g/mol. The molecule has 0 atom stereocenters. The van der Waals surface area contributed by atoms with E-state index in [0.717, 1.165) is 19.4 Å². The fourth-order valence-corrected chi connectivity index (χ4v) is 4.03. The molecule has 1 saturated heterocycles. The van der Waals surface area contributed by atoms with E-state index in [9.17, 15) is 14.4 Å². The number of ether oxygens (including phenoxy) is 1. The number of anilines is 1. The molecule has 166 valence electrons. The highest BCUT2D eigenvalue weighted by Gasteiger charge is 2.37. The maximum Gasteiger partial charge on any atom is 0.335 e. The quantitative estimate of drug-likeness (QED) is 0.288. The number of barbiturate groups is 1. The van der Waals surface area contributed by atoms with Gasteiger partial charge < -0.3 is 4.74 Å². The lowest BCUT2D eigenvalue weighted by Crippen LogP contribution is -2.54. The van der Waals surface area contributed by atoms with Crippen molar-refractivity contribution in [2.24, 2.45) is 0 Å². The van der Waals surface area contributed by atoms with Crippen molar-refractivity contribution in [3.63, 3.8) is 0 Å². The van der Waals surface area contributed by atoms with E-state index in [4.69, 9.17) is 16.3 Å². The van der Waals surface area contributed by atoms with Crippen LogP contribution in [0.2, 0.25) is 5.02 Å². The van der Waals surface area contributed by atoms with Gasteiger partial charge in [0, 0.05) is 14.5 Å². The Labute approximate surface area is 211 Å². The fourth-order valence-electron chi connectivity index (χ4n) is 3.17. The number of nitrogens with zero attached hydrogens (tertiary/aromatic N) is 1. The van der Waals surface area contributed by atoms with Crippen molar-refractivity contribution in [3.05, 3.63) is 97.4 Å². The topological polar surface area (TPSA) is 75.7 Å². The monoisotopic (exact) mass is 588 g/mol. The molecule has 1 aliphatic heterocycles. The number of hydrogen-bond acceptors (Lipinski definition) is 4. The van der Waals surface area contributed by atoms with Gasteiger partial charge in [-0.15, -0.1) is 0 Å². The molecule has 1 N–H and O–H groups in total. The minimum atomic E-state index is -0.865. The Morgan fingerprint density at radius 3 is 2.36 bits per heavy atom. The first-order chi connectivity index (χ1) is 15.8. The lowest BCUT2D eigenvalue weighted by molar-refractivity contribution is -0.122. The van der Waals surface area contributed by atoms with Crippen molar-refractivity contribution < 1.29 is 19.1 Å². The first-order valence-electron chi connectivity index (χ1n) is 9.66. The molecule has 4 amide bonds. The smallest absolute Gasteiger partial charge is 0.335 e. The molecule has 0 unspecified atom stereocenters. The second-order valence-electron chi connectivity index (χ2n) is 7.01. The summed E-state index contributed by atoms with van der Waals surface area (Å²) < 4.78 is 7.64. The van der Waals surface area contributed by atoms with E-state index < -0.39 is 17.8 Å². The van der Waals surface area contributed by atoms with Gasteiger partial charge in [-0.2, -0.15) is 0 Å². The van der Waals surface area contributed by atoms with Crippen molar-refractivity contribution in [3.8, 4) is 5.75 Å². The number of halogens is 3. The summed E-state index contributed by atoms with van der Waals surface area (Å²) in [5.74, 6) is -1.11. The van der Waals surface area contributed by atoms with Crippen LogP contribution in [-0.4, -0.2) is 17.8 Å². The second kappa shape index (κ2) is 9.91. The van der Waals surface area contributed by atoms with Crippen molar-refractivity contribution >= 4 is 73.1 Å². The van der Waals surface area contributed by atoms with Crippen LogP contribution in [-0.2, 0) is 16.2 Å². The highest BCUT2D eigenvalue weighted by Crippen LogP contribution is 2.31. The third-order valence-corrected chi connectivity index (χ3v) is 6.12. The van der Waals surface area contributed by atoms with Gasteiger partial charge in [0.15, 0.2) is 0 Å². The van der Waals surface area contributed by atoms with Crippen LogP contribution in [0, 0.1) is 0 Å². The largest absolute Gasteiger partial charge is 0.488 e. The number of urea groups is 1. The van der Waals surface area contributed by atoms with Gasteiger partial charge >= 0.3 is 6.03 Å². The molecule has 3 aromatic rings. The molecule has 33 heavy (non-hydrogen) atoms. The molecule has 0 aliphatic carbocycles. The van der Waals surface area contributed by atoms with Crippen LogP contribution >= 0.6 is 43.5 Å². The van der Waals surface area contributed by atoms with Crippen molar-refractivity contribution in [2.45, 2.75) is 6.61 Å². The lowest BCUT2D eigenvalue weighted by atomic mass is 10.1. The zero-order chi connectivity index (χ0) is 23.5. The summed E-state index contributed by atoms with van der Waals surface area (Å²) in [6.07, 6.45) is 1.40. The first-order valence-corrected chi connectivity index (χ1v) is 11.6. The van der Waals surface area contributed by atoms with Crippen molar-refractivity contribution in [1.82, 2.24) is 5.32 Å². The van der Waals surface area contributed by atoms with Gasteiger partial charge in [0.2, 0.25) is 0 Å². The number of nitrogens with one attached hydrogen (secondary N) is 1. The Hall–Kier alpha value is -2.94. The van der Waals surface area contributed by atoms with Crippen LogP contribution < -0.4 is 15.0 Å². The molecule has 0 bridgehead atoms. The Morgan fingerprint density at radius 1 is 0.939 bits per heavy atom. The molecule has 1 heterocycles.